The van der Waals surface area contributed by atoms with Crippen molar-refractivity contribution in [2.45, 2.75) is 18.4 Å². The van der Waals surface area contributed by atoms with Crippen LogP contribution in [0.15, 0.2) is 54.6 Å². The number of aliphatic hydroxyl groups is 2. The van der Waals surface area contributed by atoms with Crippen molar-refractivity contribution >= 4 is 11.7 Å². The Kier molecular flexibility index (Phi) is 6.78. The lowest BCUT2D eigenvalue weighted by Gasteiger charge is -2.16. The fourth-order valence-electron chi connectivity index (χ4n) is 2.46. The van der Waals surface area contributed by atoms with E-state index in [0.29, 0.717) is 6.42 Å². The maximum absolute atomic E-state index is 12.1. The molecule has 0 aliphatic rings. The fraction of sp³-hybridized carbons (Fsp3) is 0.316. The summed E-state index contributed by atoms with van der Waals surface area (Å²) in [4.78, 5) is 12.1. The quantitative estimate of drug-likeness (QED) is 0.645. The highest BCUT2D eigenvalue weighted by molar-refractivity contribution is 5.78. The molecule has 0 heterocycles. The van der Waals surface area contributed by atoms with Crippen molar-refractivity contribution in [3.8, 4) is 0 Å². The van der Waals surface area contributed by atoms with Gasteiger partial charge in [-0.2, -0.15) is 0 Å². The molecule has 0 aliphatic carbocycles. The van der Waals surface area contributed by atoms with Crippen molar-refractivity contribution in [1.82, 2.24) is 0 Å². The van der Waals surface area contributed by atoms with Crippen molar-refractivity contribution in [2.24, 2.45) is 0 Å². The van der Waals surface area contributed by atoms with E-state index in [0.717, 1.165) is 16.8 Å². The van der Waals surface area contributed by atoms with Gasteiger partial charge in [-0.3, -0.25) is 4.79 Å². The predicted molar refractivity (Wildman–Crippen MR) is 92.9 cm³/mol. The average molecular weight is 329 g/mol. The van der Waals surface area contributed by atoms with Gasteiger partial charge in [-0.25, -0.2) is 0 Å². The van der Waals surface area contributed by atoms with Crippen LogP contribution in [0.1, 0.15) is 17.0 Å². The van der Waals surface area contributed by atoms with Crippen LogP contribution in [0, 0.1) is 0 Å². The Morgan fingerprint density at radius 3 is 2.38 bits per heavy atom. The number of aliphatic hydroxyl groups excluding tert-OH is 2. The molecule has 2 aromatic carbocycles. The van der Waals surface area contributed by atoms with Crippen LogP contribution < -0.4 is 5.32 Å². The third-order valence-corrected chi connectivity index (χ3v) is 3.83. The summed E-state index contributed by atoms with van der Waals surface area (Å²) in [6.07, 6.45) is -0.234. The first kappa shape index (κ1) is 18.0. The Bertz CT molecular complexity index is 628. The monoisotopic (exact) mass is 329 g/mol. The zero-order valence-corrected chi connectivity index (χ0v) is 13.7. The van der Waals surface area contributed by atoms with E-state index in [-0.39, 0.29) is 25.0 Å². The minimum Gasteiger partial charge on any atom is -0.469 e. The number of nitrogens with one attached hydrogen (secondary N) is 1. The zero-order valence-electron chi connectivity index (χ0n) is 13.7. The van der Waals surface area contributed by atoms with Gasteiger partial charge in [0.1, 0.15) is 0 Å². The molecule has 0 saturated heterocycles. The van der Waals surface area contributed by atoms with Crippen LogP contribution in [0.4, 0.5) is 5.69 Å². The SMILES string of the molecule is COC(=O)C(Cc1ccc(NCC(O)CO)cc1)c1ccccc1. The topological polar surface area (TPSA) is 78.8 Å². The Morgan fingerprint density at radius 2 is 1.79 bits per heavy atom. The van der Waals surface area contributed by atoms with E-state index in [2.05, 4.69) is 5.32 Å². The Labute approximate surface area is 141 Å². The highest BCUT2D eigenvalue weighted by Gasteiger charge is 2.21. The van der Waals surface area contributed by atoms with Gasteiger partial charge < -0.3 is 20.3 Å². The lowest BCUT2D eigenvalue weighted by molar-refractivity contribution is -0.142. The molecule has 0 fully saturated rings. The molecule has 0 amide bonds. The van der Waals surface area contributed by atoms with Crippen molar-refractivity contribution in [3.63, 3.8) is 0 Å². The molecule has 2 rings (SSSR count). The van der Waals surface area contributed by atoms with Gasteiger partial charge in [0.2, 0.25) is 0 Å². The molecule has 24 heavy (non-hydrogen) atoms. The first-order chi connectivity index (χ1) is 11.6. The average Bonchev–Trinajstić information content (AvgIpc) is 2.65. The second-order valence-electron chi connectivity index (χ2n) is 5.60. The maximum atomic E-state index is 12.1. The third kappa shape index (κ3) is 5.08. The van der Waals surface area contributed by atoms with Gasteiger partial charge in [0.05, 0.1) is 25.7 Å². The van der Waals surface area contributed by atoms with Crippen molar-refractivity contribution in [3.05, 3.63) is 65.7 Å². The molecule has 5 nitrogen and oxygen atoms in total. The summed E-state index contributed by atoms with van der Waals surface area (Å²) < 4.78 is 4.94. The summed E-state index contributed by atoms with van der Waals surface area (Å²) in [6.45, 7) is 0.00756. The van der Waals surface area contributed by atoms with E-state index in [1.54, 1.807) is 0 Å². The van der Waals surface area contributed by atoms with Gasteiger partial charge in [-0.1, -0.05) is 42.5 Å². The van der Waals surface area contributed by atoms with Crippen LogP contribution in [0.3, 0.4) is 0 Å². The molecular weight excluding hydrogens is 306 g/mol. The van der Waals surface area contributed by atoms with E-state index in [1.807, 2.05) is 54.6 Å². The minimum atomic E-state index is -0.786. The standard InChI is InChI=1S/C19H23NO4/c1-24-19(23)18(15-5-3-2-4-6-15)11-14-7-9-16(10-8-14)20-12-17(22)13-21/h2-10,17-18,20-22H,11-13H2,1H3. The normalized spacial score (nSPS) is 13.1. The highest BCUT2D eigenvalue weighted by Crippen LogP contribution is 2.23. The van der Waals surface area contributed by atoms with E-state index in [9.17, 15) is 9.90 Å². The summed E-state index contributed by atoms with van der Waals surface area (Å²) >= 11 is 0. The number of rotatable bonds is 8. The molecule has 2 aromatic rings. The van der Waals surface area contributed by atoms with Gasteiger partial charge in [0.15, 0.2) is 0 Å². The number of benzene rings is 2. The molecule has 0 spiro atoms. The highest BCUT2D eigenvalue weighted by atomic mass is 16.5. The summed E-state index contributed by atoms with van der Waals surface area (Å²) in [5.41, 5.74) is 2.79. The number of ether oxygens (including phenoxy) is 1. The Morgan fingerprint density at radius 1 is 1.12 bits per heavy atom. The van der Waals surface area contributed by atoms with Crippen LogP contribution in [0.5, 0.6) is 0 Å². The van der Waals surface area contributed by atoms with Gasteiger partial charge >= 0.3 is 5.97 Å². The summed E-state index contributed by atoms with van der Waals surface area (Å²) in [6, 6.07) is 17.2. The number of hydrogen-bond donors (Lipinski definition) is 3. The van der Waals surface area contributed by atoms with Gasteiger partial charge in [0, 0.05) is 12.2 Å². The lowest BCUT2D eigenvalue weighted by atomic mass is 9.92. The maximum Gasteiger partial charge on any atom is 0.313 e. The number of anilines is 1. The van der Waals surface area contributed by atoms with Crippen molar-refractivity contribution in [1.29, 1.82) is 0 Å². The van der Waals surface area contributed by atoms with Crippen molar-refractivity contribution in [2.75, 3.05) is 25.6 Å². The molecular formula is C19H23NO4. The molecule has 2 atom stereocenters. The first-order valence-corrected chi connectivity index (χ1v) is 7.88. The second-order valence-corrected chi connectivity index (χ2v) is 5.60. The number of esters is 1. The largest absolute Gasteiger partial charge is 0.469 e. The van der Waals surface area contributed by atoms with Gasteiger partial charge in [-0.05, 0) is 29.7 Å². The zero-order chi connectivity index (χ0) is 17.4. The molecule has 128 valence electrons. The van der Waals surface area contributed by atoms with Gasteiger partial charge in [-0.15, -0.1) is 0 Å². The van der Waals surface area contributed by atoms with Crippen LogP contribution in [0.25, 0.3) is 0 Å². The number of carbonyl (C=O) groups is 1. The van der Waals surface area contributed by atoms with Crippen LogP contribution in [-0.4, -0.2) is 42.5 Å². The fourth-order valence-corrected chi connectivity index (χ4v) is 2.46. The molecule has 3 N–H and O–H groups in total. The number of hydrogen-bond acceptors (Lipinski definition) is 5. The Balaban J connectivity index is 2.05. The number of carbonyl (C=O) groups excluding carboxylic acids is 1. The summed E-state index contributed by atoms with van der Waals surface area (Å²) in [5, 5.41) is 21.2. The van der Waals surface area contributed by atoms with Crippen LogP contribution >= 0.6 is 0 Å². The molecule has 5 heteroatoms. The van der Waals surface area contributed by atoms with E-state index >= 15 is 0 Å². The van der Waals surface area contributed by atoms with E-state index in [4.69, 9.17) is 9.84 Å². The molecule has 0 bridgehead atoms. The second kappa shape index (κ2) is 9.05. The van der Waals surface area contributed by atoms with Crippen molar-refractivity contribution < 1.29 is 19.7 Å². The molecule has 0 aliphatic heterocycles. The number of methoxy groups -OCH3 is 1. The Hall–Kier alpha value is -2.37. The molecule has 0 saturated carbocycles. The molecule has 0 radical (unpaired) electrons. The third-order valence-electron chi connectivity index (χ3n) is 3.83. The molecule has 2 unspecified atom stereocenters. The van der Waals surface area contributed by atoms with Crippen LogP contribution in [-0.2, 0) is 16.0 Å². The minimum absolute atomic E-state index is 0.255. The van der Waals surface area contributed by atoms with Crippen LogP contribution in [0.2, 0.25) is 0 Å². The smallest absolute Gasteiger partial charge is 0.313 e. The van der Waals surface area contributed by atoms with E-state index in [1.165, 1.54) is 7.11 Å². The van der Waals surface area contributed by atoms with Gasteiger partial charge in [0.25, 0.3) is 0 Å². The summed E-state index contributed by atoms with van der Waals surface area (Å²) in [5.74, 6) is -0.597. The lowest BCUT2D eigenvalue weighted by Crippen LogP contribution is -2.22. The predicted octanol–water partition coefficient (Wildman–Crippen LogP) is 1.95. The summed E-state index contributed by atoms with van der Waals surface area (Å²) in [7, 11) is 1.40. The molecule has 0 aromatic heterocycles. The van der Waals surface area contributed by atoms with E-state index < -0.39 is 6.10 Å². The first-order valence-electron chi connectivity index (χ1n) is 7.88.